The predicted octanol–water partition coefficient (Wildman–Crippen LogP) is 3.33. The first-order valence-electron chi connectivity index (χ1n) is 10.6. The Labute approximate surface area is 172 Å². The molecule has 2 aliphatic heterocycles. The van der Waals surface area contributed by atoms with Gasteiger partial charge < -0.3 is 20.7 Å². The minimum Gasteiger partial charge on any atom is -0.444 e. The van der Waals surface area contributed by atoms with Crippen LogP contribution in [0.4, 0.5) is 10.6 Å². The summed E-state index contributed by atoms with van der Waals surface area (Å²) in [7, 11) is 0. The Bertz CT molecular complexity index is 830. The number of rotatable bonds is 2. The number of amides is 1. The molecule has 2 aliphatic rings. The summed E-state index contributed by atoms with van der Waals surface area (Å²) in [5.41, 5.74) is 7.60. The number of carbonyl (C=O) groups excluding carboxylic acids is 1. The molecular weight excluding hydrogens is 368 g/mol. The average Bonchev–Trinajstić information content (AvgIpc) is 3.29. The van der Waals surface area contributed by atoms with Gasteiger partial charge in [0.15, 0.2) is 5.65 Å². The molecule has 0 aromatic carbocycles. The molecule has 8 heteroatoms. The van der Waals surface area contributed by atoms with Gasteiger partial charge in [0, 0.05) is 30.9 Å². The molecule has 2 aromatic rings. The van der Waals surface area contributed by atoms with Crippen molar-refractivity contribution in [1.29, 1.82) is 0 Å². The lowest BCUT2D eigenvalue weighted by Gasteiger charge is -2.21. The molecule has 0 aliphatic carbocycles. The second-order valence-electron chi connectivity index (χ2n) is 8.85. The van der Waals surface area contributed by atoms with E-state index in [1.165, 1.54) is 37.7 Å². The Morgan fingerprint density at radius 1 is 1.24 bits per heavy atom. The smallest absolute Gasteiger partial charge is 0.405 e. The first kappa shape index (κ1) is 21.4. The van der Waals surface area contributed by atoms with Gasteiger partial charge in [0.1, 0.15) is 11.4 Å². The highest BCUT2D eigenvalue weighted by molar-refractivity contribution is 5.65. The van der Waals surface area contributed by atoms with Gasteiger partial charge in [-0.25, -0.2) is 14.3 Å². The number of ether oxygens (including phenoxy) is 1. The number of fused-ring (bicyclic) bond motifs is 1. The van der Waals surface area contributed by atoms with E-state index in [4.69, 9.17) is 15.8 Å². The number of nitrogens with one attached hydrogen (secondary N) is 1. The summed E-state index contributed by atoms with van der Waals surface area (Å²) in [4.78, 5) is 17.3. The summed E-state index contributed by atoms with van der Waals surface area (Å²) >= 11 is 0. The van der Waals surface area contributed by atoms with Crippen molar-refractivity contribution in [3.63, 3.8) is 0 Å². The van der Waals surface area contributed by atoms with E-state index >= 15 is 0 Å². The van der Waals surface area contributed by atoms with E-state index in [1.54, 1.807) is 20.8 Å². The van der Waals surface area contributed by atoms with Crippen molar-refractivity contribution in [2.45, 2.75) is 71.4 Å². The van der Waals surface area contributed by atoms with Gasteiger partial charge >= 0.3 is 6.09 Å². The normalized spacial score (nSPS) is 19.7. The Kier molecular flexibility index (Phi) is 6.62. The number of anilines is 1. The standard InChI is InChI=1S/C16H23N5.C5H11NO2/c1-12-11-21-15(18-16(12)20-8-4-5-9-20)10-14(19-21)13-6-2-3-7-17-13;1-5(2,3)8-4(6)7/h10-11,13,17H,2-9H2,1H3;1-3H3,(H2,6,7). The summed E-state index contributed by atoms with van der Waals surface area (Å²) in [5, 5.41) is 8.30. The summed E-state index contributed by atoms with van der Waals surface area (Å²) in [6, 6.07) is 2.55. The van der Waals surface area contributed by atoms with Crippen LogP contribution in [0.25, 0.3) is 5.65 Å². The lowest BCUT2D eigenvalue weighted by molar-refractivity contribution is 0.0600. The van der Waals surface area contributed by atoms with Crippen LogP contribution in [-0.2, 0) is 4.74 Å². The topological polar surface area (TPSA) is 97.8 Å². The number of hydrogen-bond acceptors (Lipinski definition) is 6. The van der Waals surface area contributed by atoms with Crippen LogP contribution in [0, 0.1) is 6.92 Å². The van der Waals surface area contributed by atoms with E-state index in [0.717, 1.165) is 36.8 Å². The second-order valence-corrected chi connectivity index (χ2v) is 8.85. The molecule has 2 fully saturated rings. The number of aryl methyl sites for hydroxylation is 1. The largest absolute Gasteiger partial charge is 0.444 e. The average molecular weight is 403 g/mol. The van der Waals surface area contributed by atoms with E-state index in [9.17, 15) is 4.79 Å². The number of nitrogens with zero attached hydrogens (tertiary/aromatic N) is 4. The van der Waals surface area contributed by atoms with Crippen molar-refractivity contribution in [2.24, 2.45) is 5.73 Å². The maximum atomic E-state index is 10.0. The van der Waals surface area contributed by atoms with Crippen molar-refractivity contribution in [2.75, 3.05) is 24.5 Å². The van der Waals surface area contributed by atoms with Crippen LogP contribution >= 0.6 is 0 Å². The van der Waals surface area contributed by atoms with Crippen LogP contribution in [0.5, 0.6) is 0 Å². The zero-order valence-electron chi connectivity index (χ0n) is 18.1. The van der Waals surface area contributed by atoms with Gasteiger partial charge in [0.05, 0.1) is 11.7 Å². The number of aromatic nitrogens is 3. The second kappa shape index (κ2) is 8.98. The van der Waals surface area contributed by atoms with Crippen LogP contribution in [-0.4, -0.2) is 45.9 Å². The van der Waals surface area contributed by atoms with E-state index in [-0.39, 0.29) is 0 Å². The summed E-state index contributed by atoms with van der Waals surface area (Å²) in [6.07, 6.45) is 7.71. The molecule has 4 rings (SSSR count). The summed E-state index contributed by atoms with van der Waals surface area (Å²) < 4.78 is 6.52. The van der Waals surface area contributed by atoms with Crippen LogP contribution in [0.15, 0.2) is 12.3 Å². The number of piperidine rings is 1. The molecule has 4 heterocycles. The van der Waals surface area contributed by atoms with Crippen LogP contribution in [0.2, 0.25) is 0 Å². The Hall–Kier alpha value is -2.35. The first-order chi connectivity index (χ1) is 13.7. The Morgan fingerprint density at radius 2 is 1.97 bits per heavy atom. The van der Waals surface area contributed by atoms with Crippen molar-refractivity contribution in [1.82, 2.24) is 19.9 Å². The van der Waals surface area contributed by atoms with Crippen LogP contribution < -0.4 is 16.0 Å². The first-order valence-corrected chi connectivity index (χ1v) is 10.6. The van der Waals surface area contributed by atoms with E-state index < -0.39 is 11.7 Å². The van der Waals surface area contributed by atoms with Crippen molar-refractivity contribution in [3.8, 4) is 0 Å². The SMILES string of the molecule is CC(C)(C)OC(N)=O.Cc1cn2nc(C3CCCCN3)cc2nc1N1CCCC1. The highest BCUT2D eigenvalue weighted by Gasteiger charge is 2.20. The van der Waals surface area contributed by atoms with E-state index in [1.807, 2.05) is 4.52 Å². The minimum atomic E-state index is -0.725. The van der Waals surface area contributed by atoms with Gasteiger partial charge in [-0.2, -0.15) is 5.10 Å². The molecule has 1 amide bonds. The minimum absolute atomic E-state index is 0.399. The Morgan fingerprint density at radius 3 is 2.52 bits per heavy atom. The third-order valence-electron chi connectivity index (χ3n) is 5.10. The van der Waals surface area contributed by atoms with Crippen LogP contribution in [0.1, 0.15) is 70.2 Å². The monoisotopic (exact) mass is 402 g/mol. The van der Waals surface area contributed by atoms with Gasteiger partial charge in [-0.1, -0.05) is 6.42 Å². The Balaban J connectivity index is 0.000000258. The fourth-order valence-corrected chi connectivity index (χ4v) is 3.84. The van der Waals surface area contributed by atoms with Crippen LogP contribution in [0.3, 0.4) is 0 Å². The quantitative estimate of drug-likeness (QED) is 0.800. The molecule has 1 unspecified atom stereocenters. The number of carbonyl (C=O) groups is 1. The molecular formula is C21H34N6O2. The zero-order valence-corrected chi connectivity index (χ0v) is 18.1. The van der Waals surface area contributed by atoms with E-state index in [0.29, 0.717) is 6.04 Å². The van der Waals surface area contributed by atoms with Gasteiger partial charge in [-0.05, 0) is 59.9 Å². The molecule has 0 spiro atoms. The molecule has 2 saturated heterocycles. The van der Waals surface area contributed by atoms with Gasteiger partial charge in [0.2, 0.25) is 0 Å². The zero-order chi connectivity index (χ0) is 21.0. The van der Waals surface area contributed by atoms with Gasteiger partial charge in [0.25, 0.3) is 0 Å². The molecule has 0 bridgehead atoms. The fourth-order valence-electron chi connectivity index (χ4n) is 3.84. The molecule has 8 nitrogen and oxygen atoms in total. The lowest BCUT2D eigenvalue weighted by atomic mass is 10.0. The van der Waals surface area contributed by atoms with Crippen molar-refractivity contribution >= 4 is 17.6 Å². The third kappa shape index (κ3) is 5.82. The molecule has 29 heavy (non-hydrogen) atoms. The number of primary amides is 1. The molecule has 1 atom stereocenters. The molecule has 0 saturated carbocycles. The van der Waals surface area contributed by atoms with Crippen molar-refractivity contribution < 1.29 is 9.53 Å². The maximum absolute atomic E-state index is 10.0. The fraction of sp³-hybridized carbons (Fsp3) is 0.667. The van der Waals surface area contributed by atoms with E-state index in [2.05, 4.69) is 34.1 Å². The van der Waals surface area contributed by atoms with Crippen molar-refractivity contribution in [3.05, 3.63) is 23.5 Å². The molecule has 3 N–H and O–H groups in total. The molecule has 2 aromatic heterocycles. The highest BCUT2D eigenvalue weighted by Crippen LogP contribution is 2.26. The van der Waals surface area contributed by atoms with Gasteiger partial charge in [-0.15, -0.1) is 0 Å². The number of hydrogen-bond donors (Lipinski definition) is 2. The molecule has 160 valence electrons. The summed E-state index contributed by atoms with van der Waals surface area (Å²) in [6.45, 7) is 10.8. The maximum Gasteiger partial charge on any atom is 0.405 e. The third-order valence-corrected chi connectivity index (χ3v) is 5.10. The lowest BCUT2D eigenvalue weighted by Crippen LogP contribution is -2.27. The van der Waals surface area contributed by atoms with Gasteiger partial charge in [-0.3, -0.25) is 0 Å². The molecule has 0 radical (unpaired) electrons. The highest BCUT2D eigenvalue weighted by atomic mass is 16.6. The summed E-state index contributed by atoms with van der Waals surface area (Å²) in [5.74, 6) is 1.14. The number of nitrogens with two attached hydrogens (primary N) is 1. The predicted molar refractivity (Wildman–Crippen MR) is 114 cm³/mol.